The molecule has 126 valence electrons. The first kappa shape index (κ1) is 18.1. The molecule has 1 atom stereocenters. The number of phenols is 2. The number of aromatic hydroxyl groups is 2. The van der Waals surface area contributed by atoms with E-state index in [4.69, 9.17) is 0 Å². The van der Waals surface area contributed by atoms with Gasteiger partial charge in [0.15, 0.2) is 11.5 Å². The maximum absolute atomic E-state index is 11.6. The van der Waals surface area contributed by atoms with E-state index >= 15 is 0 Å². The van der Waals surface area contributed by atoms with E-state index in [2.05, 4.69) is 14.8 Å². The summed E-state index contributed by atoms with van der Waals surface area (Å²) in [4.78, 5) is 33.6. The van der Waals surface area contributed by atoms with E-state index < -0.39 is 36.1 Å². The molecule has 9 nitrogen and oxygen atoms in total. The van der Waals surface area contributed by atoms with E-state index in [1.807, 2.05) is 0 Å². The van der Waals surface area contributed by atoms with E-state index in [1.165, 1.54) is 25.1 Å². The number of hydrogen-bond donors (Lipinski definition) is 4. The Bertz CT molecular complexity index is 615. The molecule has 9 heteroatoms. The number of esters is 1. The second kappa shape index (κ2) is 7.34. The van der Waals surface area contributed by atoms with E-state index in [0.29, 0.717) is 5.56 Å². The molecule has 0 aliphatic rings. The minimum atomic E-state index is -1.74. The number of rotatable bonds is 6. The normalized spacial score (nSPS) is 12.8. The van der Waals surface area contributed by atoms with Gasteiger partial charge in [-0.3, -0.25) is 4.79 Å². The summed E-state index contributed by atoms with van der Waals surface area (Å²) in [5, 5.41) is 30.1. The number of nitrogens with one attached hydrogen (secondary N) is 1. The summed E-state index contributed by atoms with van der Waals surface area (Å²) in [5.41, 5.74) is -1.37. The molecule has 23 heavy (non-hydrogen) atoms. The highest BCUT2D eigenvalue weighted by molar-refractivity contribution is 5.84. The van der Waals surface area contributed by atoms with E-state index in [0.717, 1.165) is 6.92 Å². The van der Waals surface area contributed by atoms with Crippen molar-refractivity contribution in [1.82, 2.24) is 5.32 Å². The third kappa shape index (κ3) is 5.38. The quantitative estimate of drug-likeness (QED) is 0.340. The van der Waals surface area contributed by atoms with Crippen molar-refractivity contribution in [2.45, 2.75) is 25.8 Å². The second-order valence-electron chi connectivity index (χ2n) is 4.95. The van der Waals surface area contributed by atoms with Crippen molar-refractivity contribution in [1.29, 1.82) is 0 Å². The Morgan fingerprint density at radius 2 is 1.83 bits per heavy atom. The fraction of sp³-hybridized carbons (Fsp3) is 0.357. The largest absolute Gasteiger partial charge is 0.504 e. The van der Waals surface area contributed by atoms with Crippen LogP contribution < -0.4 is 5.32 Å². The van der Waals surface area contributed by atoms with Crippen LogP contribution in [0.5, 0.6) is 11.5 Å². The summed E-state index contributed by atoms with van der Waals surface area (Å²) in [6.07, 6.45) is -1.27. The van der Waals surface area contributed by atoms with Crippen LogP contribution in [-0.4, -0.2) is 45.7 Å². The average molecular weight is 327 g/mol. The van der Waals surface area contributed by atoms with Gasteiger partial charge < -0.3 is 30.1 Å². The van der Waals surface area contributed by atoms with Crippen molar-refractivity contribution in [3.05, 3.63) is 23.8 Å². The number of hydrogen-bond acceptors (Lipinski definition) is 7. The maximum Gasteiger partial charge on any atom is 0.410 e. The van der Waals surface area contributed by atoms with Crippen LogP contribution in [0.4, 0.5) is 4.79 Å². The lowest BCUT2D eigenvalue weighted by Gasteiger charge is -2.26. The van der Waals surface area contributed by atoms with Gasteiger partial charge in [0, 0.05) is 13.3 Å². The zero-order valence-corrected chi connectivity index (χ0v) is 12.5. The van der Waals surface area contributed by atoms with Crippen LogP contribution in [0.15, 0.2) is 18.2 Å². The van der Waals surface area contributed by atoms with Gasteiger partial charge in [0.2, 0.25) is 6.79 Å². The molecule has 0 aliphatic carbocycles. The predicted molar refractivity (Wildman–Crippen MR) is 75.8 cm³/mol. The van der Waals surface area contributed by atoms with Gasteiger partial charge in [-0.1, -0.05) is 6.07 Å². The molecule has 1 aromatic carbocycles. The van der Waals surface area contributed by atoms with Crippen LogP contribution in [0.2, 0.25) is 0 Å². The predicted octanol–water partition coefficient (Wildman–Crippen LogP) is 0.730. The van der Waals surface area contributed by atoms with Gasteiger partial charge >= 0.3 is 18.0 Å². The van der Waals surface area contributed by atoms with Crippen LogP contribution in [0.25, 0.3) is 0 Å². The number of benzene rings is 1. The van der Waals surface area contributed by atoms with Crippen molar-refractivity contribution in [2.24, 2.45) is 0 Å². The Labute approximate surface area is 131 Å². The molecule has 0 bridgehead atoms. The topological polar surface area (TPSA) is 142 Å². The van der Waals surface area contributed by atoms with Gasteiger partial charge in [-0.25, -0.2) is 9.59 Å². The lowest BCUT2D eigenvalue weighted by molar-refractivity contribution is -0.150. The molecule has 0 radical (unpaired) electrons. The molecular weight excluding hydrogens is 310 g/mol. The molecule has 4 N–H and O–H groups in total. The second-order valence-corrected chi connectivity index (χ2v) is 4.95. The highest BCUT2D eigenvalue weighted by atomic mass is 16.7. The van der Waals surface area contributed by atoms with Crippen LogP contribution in [-0.2, 0) is 25.5 Å². The number of ether oxygens (including phenoxy) is 2. The molecule has 0 aromatic heterocycles. The van der Waals surface area contributed by atoms with Crippen LogP contribution in [0.1, 0.15) is 19.4 Å². The molecular formula is C14H17NO8. The SMILES string of the molecule is CC(=O)OCOC(=O)N[C@@](C)(Cc1ccc(O)c(O)c1)C(=O)O. The van der Waals surface area contributed by atoms with Crippen LogP contribution in [0.3, 0.4) is 0 Å². The monoisotopic (exact) mass is 327 g/mol. The summed E-state index contributed by atoms with van der Waals surface area (Å²) in [5.74, 6) is -2.75. The minimum absolute atomic E-state index is 0.182. The summed E-state index contributed by atoms with van der Waals surface area (Å²) in [7, 11) is 0. The fourth-order valence-electron chi connectivity index (χ4n) is 1.69. The number of phenolic OH excluding ortho intramolecular Hbond substituents is 2. The molecule has 0 saturated carbocycles. The van der Waals surface area contributed by atoms with E-state index in [9.17, 15) is 29.7 Å². The number of alkyl carbamates (subject to hydrolysis) is 1. The number of carbonyl (C=O) groups is 3. The molecule has 0 fully saturated rings. The summed E-state index contributed by atoms with van der Waals surface area (Å²) >= 11 is 0. The Morgan fingerprint density at radius 3 is 2.35 bits per heavy atom. The molecule has 0 unspecified atom stereocenters. The molecule has 1 rings (SSSR count). The number of carboxylic acids is 1. The molecule has 0 spiro atoms. The Morgan fingerprint density at radius 1 is 1.17 bits per heavy atom. The van der Waals surface area contributed by atoms with Gasteiger partial charge in [-0.2, -0.15) is 0 Å². The van der Waals surface area contributed by atoms with Gasteiger partial charge in [0.05, 0.1) is 0 Å². The van der Waals surface area contributed by atoms with Crippen molar-refractivity contribution in [3.63, 3.8) is 0 Å². The molecule has 1 amide bonds. The fourth-order valence-corrected chi connectivity index (χ4v) is 1.69. The van der Waals surface area contributed by atoms with Crippen molar-refractivity contribution in [2.75, 3.05) is 6.79 Å². The van der Waals surface area contributed by atoms with Gasteiger partial charge in [-0.05, 0) is 24.6 Å². The highest BCUT2D eigenvalue weighted by Gasteiger charge is 2.36. The van der Waals surface area contributed by atoms with E-state index in [-0.39, 0.29) is 12.2 Å². The minimum Gasteiger partial charge on any atom is -0.504 e. The number of amides is 1. The van der Waals surface area contributed by atoms with Crippen LogP contribution in [0, 0.1) is 0 Å². The molecule has 0 aliphatic heterocycles. The lowest BCUT2D eigenvalue weighted by atomic mass is 9.93. The summed E-state index contributed by atoms with van der Waals surface area (Å²) < 4.78 is 8.94. The standard InChI is InChI=1S/C14H17NO8/c1-8(16)22-7-23-13(21)15-14(2,12(19)20)6-9-3-4-10(17)11(18)5-9/h3-5,17-18H,6-7H2,1-2H3,(H,15,21)(H,19,20)/t14-/m0/s1. The first-order valence-electron chi connectivity index (χ1n) is 6.46. The van der Waals surface area contributed by atoms with Crippen LogP contribution >= 0.6 is 0 Å². The van der Waals surface area contributed by atoms with Gasteiger partial charge in [-0.15, -0.1) is 0 Å². The van der Waals surface area contributed by atoms with E-state index in [1.54, 1.807) is 0 Å². The van der Waals surface area contributed by atoms with Gasteiger partial charge in [0.1, 0.15) is 5.54 Å². The number of aliphatic carboxylic acids is 1. The third-order valence-corrected chi connectivity index (χ3v) is 2.90. The van der Waals surface area contributed by atoms with Crippen molar-refractivity contribution >= 4 is 18.0 Å². The first-order valence-corrected chi connectivity index (χ1v) is 6.46. The molecule has 0 saturated heterocycles. The van der Waals surface area contributed by atoms with Crippen molar-refractivity contribution in [3.8, 4) is 11.5 Å². The molecule has 0 heterocycles. The lowest BCUT2D eigenvalue weighted by Crippen LogP contribution is -2.54. The number of carbonyl (C=O) groups excluding carboxylic acids is 2. The smallest absolute Gasteiger partial charge is 0.410 e. The molecule has 1 aromatic rings. The highest BCUT2D eigenvalue weighted by Crippen LogP contribution is 2.26. The Kier molecular flexibility index (Phi) is 5.77. The number of carboxylic acid groups (broad SMARTS) is 1. The average Bonchev–Trinajstić information content (AvgIpc) is 2.42. The summed E-state index contributed by atoms with van der Waals surface area (Å²) in [6.45, 7) is 1.73. The summed E-state index contributed by atoms with van der Waals surface area (Å²) in [6, 6.07) is 3.79. The zero-order chi connectivity index (χ0) is 17.6. The Balaban J connectivity index is 2.78. The Hall–Kier alpha value is -2.97. The van der Waals surface area contributed by atoms with Gasteiger partial charge in [0.25, 0.3) is 0 Å². The van der Waals surface area contributed by atoms with Crippen molar-refractivity contribution < 1.29 is 39.2 Å². The zero-order valence-electron chi connectivity index (χ0n) is 12.5. The first-order chi connectivity index (χ1) is 10.6. The maximum atomic E-state index is 11.6. The third-order valence-electron chi connectivity index (χ3n) is 2.90.